The molecule has 0 atom stereocenters. The van der Waals surface area contributed by atoms with Crippen LogP contribution in [0.2, 0.25) is 0 Å². The van der Waals surface area contributed by atoms with Crippen molar-refractivity contribution in [3.63, 3.8) is 0 Å². The molecule has 140 valence electrons. The molecule has 0 aliphatic heterocycles. The van der Waals surface area contributed by atoms with E-state index in [1.807, 2.05) is 72.8 Å². The van der Waals surface area contributed by atoms with Crippen LogP contribution in [0.3, 0.4) is 0 Å². The standard InChI is InChI=1S/C23H17Br2NO2/c1-27-22-12-18(11-19(14-26)17-7-9-20(24)10-8-17)21(25)13-23(22)28-15-16-5-3-2-4-6-16/h2-13H,15H2,1H3/b19-11+. The van der Waals surface area contributed by atoms with Gasteiger partial charge in [-0.1, -0.05) is 74.3 Å². The molecule has 3 aromatic carbocycles. The van der Waals surface area contributed by atoms with Crippen LogP contribution in [0.15, 0.2) is 75.7 Å². The molecular weight excluding hydrogens is 482 g/mol. The lowest BCUT2D eigenvalue weighted by atomic mass is 10.0. The van der Waals surface area contributed by atoms with Gasteiger partial charge in [0.05, 0.1) is 18.8 Å². The highest BCUT2D eigenvalue weighted by Gasteiger charge is 2.11. The number of nitrogens with zero attached hydrogens (tertiary/aromatic N) is 1. The summed E-state index contributed by atoms with van der Waals surface area (Å²) in [7, 11) is 1.60. The zero-order valence-corrected chi connectivity index (χ0v) is 18.3. The molecule has 0 saturated carbocycles. The number of rotatable bonds is 6. The Hall–Kier alpha value is -2.55. The lowest BCUT2D eigenvalue weighted by molar-refractivity contribution is 0.284. The van der Waals surface area contributed by atoms with Gasteiger partial charge in [-0.05, 0) is 47.0 Å². The lowest BCUT2D eigenvalue weighted by Crippen LogP contribution is -1.98. The van der Waals surface area contributed by atoms with Crippen molar-refractivity contribution < 1.29 is 9.47 Å². The zero-order valence-electron chi connectivity index (χ0n) is 15.2. The fourth-order valence-electron chi connectivity index (χ4n) is 2.63. The maximum Gasteiger partial charge on any atom is 0.162 e. The topological polar surface area (TPSA) is 42.2 Å². The zero-order chi connectivity index (χ0) is 19.9. The fraction of sp³-hybridized carbons (Fsp3) is 0.0870. The van der Waals surface area contributed by atoms with E-state index in [4.69, 9.17) is 9.47 Å². The molecule has 0 spiro atoms. The monoisotopic (exact) mass is 497 g/mol. The molecule has 3 rings (SSSR count). The van der Waals surface area contributed by atoms with E-state index in [0.29, 0.717) is 23.7 Å². The largest absolute Gasteiger partial charge is 0.493 e. The highest BCUT2D eigenvalue weighted by Crippen LogP contribution is 2.36. The number of hydrogen-bond acceptors (Lipinski definition) is 3. The second-order valence-electron chi connectivity index (χ2n) is 5.98. The van der Waals surface area contributed by atoms with Crippen LogP contribution in [0.25, 0.3) is 11.6 Å². The summed E-state index contributed by atoms with van der Waals surface area (Å²) in [6, 6.07) is 23.6. The number of ether oxygens (including phenoxy) is 2. The van der Waals surface area contributed by atoms with Crippen molar-refractivity contribution in [1.82, 2.24) is 0 Å². The molecule has 0 heterocycles. The Morgan fingerprint density at radius 2 is 1.71 bits per heavy atom. The van der Waals surface area contributed by atoms with Crippen molar-refractivity contribution in [2.75, 3.05) is 7.11 Å². The second-order valence-corrected chi connectivity index (χ2v) is 7.75. The molecule has 3 nitrogen and oxygen atoms in total. The second kappa shape index (κ2) is 9.59. The Morgan fingerprint density at radius 3 is 2.36 bits per heavy atom. The van der Waals surface area contributed by atoms with Crippen LogP contribution in [-0.2, 0) is 6.61 Å². The predicted molar refractivity (Wildman–Crippen MR) is 119 cm³/mol. The van der Waals surface area contributed by atoms with E-state index in [9.17, 15) is 5.26 Å². The highest BCUT2D eigenvalue weighted by molar-refractivity contribution is 9.10. The first-order valence-corrected chi connectivity index (χ1v) is 10.1. The van der Waals surface area contributed by atoms with Gasteiger partial charge in [-0.3, -0.25) is 0 Å². The van der Waals surface area contributed by atoms with Crippen molar-refractivity contribution in [2.24, 2.45) is 0 Å². The first-order chi connectivity index (χ1) is 13.6. The molecule has 0 unspecified atom stereocenters. The van der Waals surface area contributed by atoms with Crippen LogP contribution in [0.4, 0.5) is 0 Å². The highest BCUT2D eigenvalue weighted by atomic mass is 79.9. The summed E-state index contributed by atoms with van der Waals surface area (Å²) >= 11 is 6.99. The van der Waals surface area contributed by atoms with E-state index in [1.54, 1.807) is 7.11 Å². The minimum Gasteiger partial charge on any atom is -0.493 e. The normalized spacial score (nSPS) is 11.0. The van der Waals surface area contributed by atoms with Crippen molar-refractivity contribution >= 4 is 43.5 Å². The molecular formula is C23H17Br2NO2. The molecule has 0 aliphatic rings. The summed E-state index contributed by atoms with van der Waals surface area (Å²) in [4.78, 5) is 0. The molecule has 0 bridgehead atoms. The SMILES string of the molecule is COc1cc(/C=C(\C#N)c2ccc(Br)cc2)c(Br)cc1OCc1ccccc1. The predicted octanol–water partition coefficient (Wildman–Crippen LogP) is 6.86. The molecule has 0 N–H and O–H groups in total. The van der Waals surface area contributed by atoms with E-state index >= 15 is 0 Å². The van der Waals surface area contributed by atoms with E-state index < -0.39 is 0 Å². The summed E-state index contributed by atoms with van der Waals surface area (Å²) in [5, 5.41) is 9.59. The fourth-order valence-corrected chi connectivity index (χ4v) is 3.34. The third kappa shape index (κ3) is 5.03. The van der Waals surface area contributed by atoms with Crippen molar-refractivity contribution in [3.05, 3.63) is 92.4 Å². The van der Waals surface area contributed by atoms with Crippen LogP contribution >= 0.6 is 31.9 Å². The van der Waals surface area contributed by atoms with E-state index in [0.717, 1.165) is 25.6 Å². The van der Waals surface area contributed by atoms with Gasteiger partial charge >= 0.3 is 0 Å². The minimum absolute atomic E-state index is 0.446. The summed E-state index contributed by atoms with van der Waals surface area (Å²) in [5.41, 5.74) is 3.32. The van der Waals surface area contributed by atoms with E-state index in [-0.39, 0.29) is 0 Å². The number of halogens is 2. The average Bonchev–Trinajstić information content (AvgIpc) is 2.73. The Kier molecular flexibility index (Phi) is 6.91. The number of allylic oxidation sites excluding steroid dienone is 1. The van der Waals surface area contributed by atoms with Crippen molar-refractivity contribution in [3.8, 4) is 17.6 Å². The first kappa shape index (κ1) is 20.2. The Balaban J connectivity index is 1.90. The van der Waals surface area contributed by atoms with Gasteiger partial charge in [0.2, 0.25) is 0 Å². The summed E-state index contributed by atoms with van der Waals surface area (Å²) in [6.07, 6.45) is 1.83. The summed E-state index contributed by atoms with van der Waals surface area (Å²) in [5.74, 6) is 1.25. The lowest BCUT2D eigenvalue weighted by Gasteiger charge is -2.13. The van der Waals surface area contributed by atoms with Gasteiger partial charge in [-0.15, -0.1) is 0 Å². The first-order valence-electron chi connectivity index (χ1n) is 8.52. The van der Waals surface area contributed by atoms with E-state index in [2.05, 4.69) is 37.9 Å². The molecule has 0 aliphatic carbocycles. The minimum atomic E-state index is 0.446. The van der Waals surface area contributed by atoms with E-state index in [1.165, 1.54) is 0 Å². The third-order valence-corrected chi connectivity index (χ3v) is 5.31. The van der Waals surface area contributed by atoms with Crippen LogP contribution in [0.5, 0.6) is 11.5 Å². The van der Waals surface area contributed by atoms with Gasteiger partial charge in [-0.25, -0.2) is 0 Å². The number of hydrogen-bond donors (Lipinski definition) is 0. The number of nitriles is 1. The van der Waals surface area contributed by atoms with Gasteiger partial charge in [0.25, 0.3) is 0 Å². The quantitative estimate of drug-likeness (QED) is 0.275. The molecule has 3 aromatic rings. The maximum atomic E-state index is 9.59. The molecule has 0 saturated heterocycles. The van der Waals surface area contributed by atoms with Crippen molar-refractivity contribution in [1.29, 1.82) is 5.26 Å². The van der Waals surface area contributed by atoms with Crippen LogP contribution in [0.1, 0.15) is 16.7 Å². The molecule has 0 aromatic heterocycles. The molecule has 5 heteroatoms. The Bertz CT molecular complexity index is 1020. The van der Waals surface area contributed by atoms with Gasteiger partial charge < -0.3 is 9.47 Å². The smallest absolute Gasteiger partial charge is 0.162 e. The van der Waals surface area contributed by atoms with Crippen LogP contribution in [-0.4, -0.2) is 7.11 Å². The van der Waals surface area contributed by atoms with Gasteiger partial charge in [0, 0.05) is 8.95 Å². The Morgan fingerprint density at radius 1 is 1.00 bits per heavy atom. The molecule has 0 fully saturated rings. The van der Waals surface area contributed by atoms with Crippen molar-refractivity contribution in [2.45, 2.75) is 6.61 Å². The van der Waals surface area contributed by atoms with Crippen LogP contribution in [0, 0.1) is 11.3 Å². The van der Waals surface area contributed by atoms with Crippen LogP contribution < -0.4 is 9.47 Å². The molecule has 0 amide bonds. The summed E-state index contributed by atoms with van der Waals surface area (Å²) < 4.78 is 13.2. The van der Waals surface area contributed by atoms with Gasteiger partial charge in [-0.2, -0.15) is 5.26 Å². The third-order valence-electron chi connectivity index (χ3n) is 4.10. The maximum absolute atomic E-state index is 9.59. The number of methoxy groups -OCH3 is 1. The molecule has 28 heavy (non-hydrogen) atoms. The average molecular weight is 499 g/mol. The number of benzene rings is 3. The van der Waals surface area contributed by atoms with Gasteiger partial charge in [0.1, 0.15) is 6.61 Å². The summed E-state index contributed by atoms with van der Waals surface area (Å²) in [6.45, 7) is 0.446. The molecule has 0 radical (unpaired) electrons. The Labute approximate surface area is 181 Å². The van der Waals surface area contributed by atoms with Gasteiger partial charge in [0.15, 0.2) is 11.5 Å².